The molecule has 3 N–H and O–H groups in total. The SMILES string of the molecule is CN(C)CCNC(=O)C(N)C1CC1. The van der Waals surface area contributed by atoms with Crippen molar-refractivity contribution in [2.24, 2.45) is 11.7 Å². The van der Waals surface area contributed by atoms with Gasteiger partial charge < -0.3 is 16.0 Å². The van der Waals surface area contributed by atoms with Gasteiger partial charge >= 0.3 is 0 Å². The molecule has 0 saturated heterocycles. The van der Waals surface area contributed by atoms with Gasteiger partial charge in [-0.15, -0.1) is 0 Å². The molecule has 0 aromatic carbocycles. The summed E-state index contributed by atoms with van der Waals surface area (Å²) in [6.45, 7) is 1.55. The highest BCUT2D eigenvalue weighted by Crippen LogP contribution is 2.31. The van der Waals surface area contributed by atoms with Gasteiger partial charge in [0, 0.05) is 13.1 Å². The Kier molecular flexibility index (Phi) is 3.69. The van der Waals surface area contributed by atoms with Gasteiger partial charge in [0.2, 0.25) is 5.91 Å². The van der Waals surface area contributed by atoms with E-state index in [1.807, 2.05) is 19.0 Å². The van der Waals surface area contributed by atoms with Crippen molar-refractivity contribution in [1.29, 1.82) is 0 Å². The summed E-state index contributed by atoms with van der Waals surface area (Å²) >= 11 is 0. The summed E-state index contributed by atoms with van der Waals surface area (Å²) in [5, 5.41) is 2.83. The van der Waals surface area contributed by atoms with Crippen LogP contribution in [0, 0.1) is 5.92 Å². The summed E-state index contributed by atoms with van der Waals surface area (Å²) < 4.78 is 0. The molecule has 0 aromatic rings. The first kappa shape index (κ1) is 10.5. The van der Waals surface area contributed by atoms with Crippen LogP contribution in [-0.2, 0) is 4.79 Å². The highest BCUT2D eigenvalue weighted by atomic mass is 16.2. The van der Waals surface area contributed by atoms with Crippen LogP contribution in [0.4, 0.5) is 0 Å². The van der Waals surface area contributed by atoms with Crippen LogP contribution in [0.15, 0.2) is 0 Å². The molecule has 1 saturated carbocycles. The summed E-state index contributed by atoms with van der Waals surface area (Å²) in [7, 11) is 3.96. The Labute approximate surface area is 79.5 Å². The number of rotatable bonds is 5. The number of nitrogens with one attached hydrogen (secondary N) is 1. The predicted octanol–water partition coefficient (Wildman–Crippen LogP) is -0.598. The summed E-state index contributed by atoms with van der Waals surface area (Å²) in [6.07, 6.45) is 2.23. The van der Waals surface area contributed by atoms with Gasteiger partial charge in [0.05, 0.1) is 6.04 Å². The normalized spacial score (nSPS) is 18.8. The van der Waals surface area contributed by atoms with Crippen molar-refractivity contribution in [2.45, 2.75) is 18.9 Å². The van der Waals surface area contributed by atoms with E-state index >= 15 is 0 Å². The Morgan fingerprint density at radius 1 is 1.62 bits per heavy atom. The largest absolute Gasteiger partial charge is 0.353 e. The molecule has 1 amide bonds. The lowest BCUT2D eigenvalue weighted by atomic mass is 10.2. The van der Waals surface area contributed by atoms with Crippen molar-refractivity contribution in [3.8, 4) is 0 Å². The summed E-state index contributed by atoms with van der Waals surface area (Å²) in [5.41, 5.74) is 5.71. The molecule has 1 atom stereocenters. The monoisotopic (exact) mass is 185 g/mol. The maximum Gasteiger partial charge on any atom is 0.237 e. The van der Waals surface area contributed by atoms with E-state index in [2.05, 4.69) is 5.32 Å². The Balaban J connectivity index is 2.09. The van der Waals surface area contributed by atoms with Gasteiger partial charge in [0.1, 0.15) is 0 Å². The standard InChI is InChI=1S/C9H19N3O/c1-12(2)6-5-11-9(13)8(10)7-3-4-7/h7-8H,3-6,10H2,1-2H3,(H,11,13). The first-order valence-electron chi connectivity index (χ1n) is 4.79. The molecule has 0 spiro atoms. The third kappa shape index (κ3) is 3.74. The summed E-state index contributed by atoms with van der Waals surface area (Å²) in [5.74, 6) is 0.448. The average Bonchev–Trinajstić information content (AvgIpc) is 2.84. The number of carbonyl (C=O) groups is 1. The number of hydrogen-bond donors (Lipinski definition) is 2. The van der Waals surface area contributed by atoms with Crippen LogP contribution in [0.3, 0.4) is 0 Å². The molecule has 4 nitrogen and oxygen atoms in total. The Hall–Kier alpha value is -0.610. The highest BCUT2D eigenvalue weighted by Gasteiger charge is 2.32. The lowest BCUT2D eigenvalue weighted by Crippen LogP contribution is -2.44. The second-order valence-corrected chi connectivity index (χ2v) is 3.96. The van der Waals surface area contributed by atoms with E-state index < -0.39 is 0 Å². The third-order valence-electron chi connectivity index (χ3n) is 2.29. The fourth-order valence-electron chi connectivity index (χ4n) is 1.19. The number of carbonyl (C=O) groups excluding carboxylic acids is 1. The van der Waals surface area contributed by atoms with Gasteiger partial charge in [0.15, 0.2) is 0 Å². The zero-order chi connectivity index (χ0) is 9.84. The highest BCUT2D eigenvalue weighted by molar-refractivity contribution is 5.82. The zero-order valence-corrected chi connectivity index (χ0v) is 8.42. The lowest BCUT2D eigenvalue weighted by molar-refractivity contribution is -0.122. The molecule has 0 radical (unpaired) electrons. The van der Waals surface area contributed by atoms with Crippen molar-refractivity contribution in [3.63, 3.8) is 0 Å². The van der Waals surface area contributed by atoms with Crippen molar-refractivity contribution in [1.82, 2.24) is 10.2 Å². The van der Waals surface area contributed by atoms with Gasteiger partial charge in [-0.1, -0.05) is 0 Å². The number of nitrogens with two attached hydrogens (primary N) is 1. The van der Waals surface area contributed by atoms with Crippen LogP contribution in [0.2, 0.25) is 0 Å². The van der Waals surface area contributed by atoms with Crippen LogP contribution in [0.25, 0.3) is 0 Å². The molecule has 0 aliphatic heterocycles. The van der Waals surface area contributed by atoms with E-state index in [1.54, 1.807) is 0 Å². The van der Waals surface area contributed by atoms with E-state index in [-0.39, 0.29) is 11.9 Å². The maximum atomic E-state index is 11.4. The third-order valence-corrected chi connectivity index (χ3v) is 2.29. The number of nitrogens with zero attached hydrogens (tertiary/aromatic N) is 1. The minimum Gasteiger partial charge on any atom is -0.353 e. The molecular formula is C9H19N3O. The minimum atomic E-state index is -0.276. The van der Waals surface area contributed by atoms with Crippen LogP contribution in [0.1, 0.15) is 12.8 Å². The molecule has 13 heavy (non-hydrogen) atoms. The molecule has 1 fully saturated rings. The second kappa shape index (κ2) is 4.58. The van der Waals surface area contributed by atoms with Crippen molar-refractivity contribution in [2.75, 3.05) is 27.2 Å². The maximum absolute atomic E-state index is 11.4. The fraction of sp³-hybridized carbons (Fsp3) is 0.889. The van der Waals surface area contributed by atoms with Crippen LogP contribution >= 0.6 is 0 Å². The van der Waals surface area contributed by atoms with Crippen molar-refractivity contribution < 1.29 is 4.79 Å². The molecule has 0 aromatic heterocycles. The van der Waals surface area contributed by atoms with E-state index in [0.29, 0.717) is 12.5 Å². The summed E-state index contributed by atoms with van der Waals surface area (Å²) in [6, 6.07) is -0.276. The fourth-order valence-corrected chi connectivity index (χ4v) is 1.19. The summed E-state index contributed by atoms with van der Waals surface area (Å²) in [4.78, 5) is 13.4. The Morgan fingerprint density at radius 2 is 2.23 bits per heavy atom. The topological polar surface area (TPSA) is 58.4 Å². The van der Waals surface area contributed by atoms with Crippen LogP contribution in [0.5, 0.6) is 0 Å². The number of hydrogen-bond acceptors (Lipinski definition) is 3. The molecule has 4 heteroatoms. The Bertz CT molecular complexity index is 178. The van der Waals surface area contributed by atoms with Crippen LogP contribution in [-0.4, -0.2) is 44.0 Å². The van der Waals surface area contributed by atoms with E-state index in [4.69, 9.17) is 5.73 Å². The van der Waals surface area contributed by atoms with Gasteiger partial charge in [-0.2, -0.15) is 0 Å². The van der Waals surface area contributed by atoms with Gasteiger partial charge in [-0.05, 0) is 32.9 Å². The quantitative estimate of drug-likeness (QED) is 0.601. The average molecular weight is 185 g/mol. The second-order valence-electron chi connectivity index (χ2n) is 3.96. The molecule has 1 unspecified atom stereocenters. The molecule has 0 heterocycles. The predicted molar refractivity (Wildman–Crippen MR) is 52.3 cm³/mol. The van der Waals surface area contributed by atoms with E-state index in [1.165, 1.54) is 0 Å². The molecule has 0 bridgehead atoms. The van der Waals surface area contributed by atoms with E-state index in [9.17, 15) is 4.79 Å². The van der Waals surface area contributed by atoms with Crippen LogP contribution < -0.4 is 11.1 Å². The first-order chi connectivity index (χ1) is 6.11. The number of likely N-dealkylation sites (N-methyl/N-ethyl adjacent to an activating group) is 1. The smallest absolute Gasteiger partial charge is 0.237 e. The van der Waals surface area contributed by atoms with Gasteiger partial charge in [-0.3, -0.25) is 4.79 Å². The molecule has 76 valence electrons. The minimum absolute atomic E-state index is 0.00403. The zero-order valence-electron chi connectivity index (χ0n) is 8.42. The lowest BCUT2D eigenvalue weighted by Gasteiger charge is -2.13. The molecule has 1 aliphatic carbocycles. The molecule has 1 aliphatic rings. The molecule has 1 rings (SSSR count). The first-order valence-corrected chi connectivity index (χ1v) is 4.79. The number of amides is 1. The Morgan fingerprint density at radius 3 is 2.69 bits per heavy atom. The van der Waals surface area contributed by atoms with Gasteiger partial charge in [0.25, 0.3) is 0 Å². The van der Waals surface area contributed by atoms with Crippen molar-refractivity contribution >= 4 is 5.91 Å². The van der Waals surface area contributed by atoms with E-state index in [0.717, 1.165) is 19.4 Å². The molecular weight excluding hydrogens is 166 g/mol. The van der Waals surface area contributed by atoms with Crippen molar-refractivity contribution in [3.05, 3.63) is 0 Å². The van der Waals surface area contributed by atoms with Gasteiger partial charge in [-0.25, -0.2) is 0 Å².